The fourth-order valence-corrected chi connectivity index (χ4v) is 5.76. The van der Waals surface area contributed by atoms with Gasteiger partial charge in [-0.05, 0) is 96.9 Å². The van der Waals surface area contributed by atoms with Crippen LogP contribution in [-0.2, 0) is 4.79 Å². The van der Waals surface area contributed by atoms with Gasteiger partial charge < -0.3 is 10.0 Å². The fourth-order valence-electron chi connectivity index (χ4n) is 5.18. The van der Waals surface area contributed by atoms with Crippen molar-refractivity contribution in [2.75, 3.05) is 32.7 Å². The molecule has 35 heavy (non-hydrogen) atoms. The maximum atomic E-state index is 13.2. The molecule has 3 aromatic rings. The molecule has 0 aliphatic carbocycles. The number of hydrogen-bond donors (Lipinski definition) is 1. The van der Waals surface area contributed by atoms with Crippen molar-refractivity contribution in [3.05, 3.63) is 93.4 Å². The van der Waals surface area contributed by atoms with E-state index in [9.17, 15) is 14.3 Å². The summed E-state index contributed by atoms with van der Waals surface area (Å²) in [7, 11) is 0. The highest BCUT2D eigenvalue weighted by Gasteiger charge is 2.34. The number of benzene rings is 2. The van der Waals surface area contributed by atoms with E-state index in [0.717, 1.165) is 57.5 Å². The summed E-state index contributed by atoms with van der Waals surface area (Å²) in [5.74, 6) is 0.00284. The smallest absolute Gasteiger partial charge is 0.325 e. The van der Waals surface area contributed by atoms with E-state index in [1.807, 2.05) is 47.2 Å². The van der Waals surface area contributed by atoms with E-state index >= 15 is 0 Å². The van der Waals surface area contributed by atoms with Crippen LogP contribution in [0.25, 0.3) is 0 Å². The number of halogens is 2. The molecule has 5 rings (SSSR count). The molecule has 7 heteroatoms. The Balaban J connectivity index is 0.000000514. The van der Waals surface area contributed by atoms with Crippen molar-refractivity contribution in [3.63, 3.8) is 0 Å². The van der Waals surface area contributed by atoms with Crippen LogP contribution in [0, 0.1) is 11.7 Å². The van der Waals surface area contributed by atoms with Crippen molar-refractivity contribution in [2.45, 2.75) is 31.2 Å². The number of carboxylic acids is 1. The van der Waals surface area contributed by atoms with Crippen molar-refractivity contribution < 1.29 is 14.3 Å². The third kappa shape index (κ3) is 7.37. The standard InChI is InChI=1S/C24H28ClFN2O2.C4H4S/c25-21-5-1-20(2-6-21)23(24(29)30)28-14-9-17(16-28)15-27-12-10-19(11-13-27)18-3-7-22(26)8-4-18;1-2-4-5-3-1/h1-8,17,19,23H,9-16H2,(H,29,30);1-4H/t17-,23?;/m1./s1. The number of thiophene rings is 1. The van der Waals surface area contributed by atoms with Gasteiger partial charge in [0.1, 0.15) is 11.9 Å². The lowest BCUT2D eigenvalue weighted by molar-refractivity contribution is -0.143. The second-order valence-corrected chi connectivity index (χ2v) is 10.6. The predicted octanol–water partition coefficient (Wildman–Crippen LogP) is 6.55. The van der Waals surface area contributed by atoms with Gasteiger partial charge in [0.2, 0.25) is 0 Å². The first-order chi connectivity index (χ1) is 17.0. The molecule has 0 spiro atoms. The summed E-state index contributed by atoms with van der Waals surface area (Å²) in [6.07, 6.45) is 3.20. The fraction of sp³-hybridized carbons (Fsp3) is 0.393. The summed E-state index contributed by atoms with van der Waals surface area (Å²) < 4.78 is 13.2. The van der Waals surface area contributed by atoms with Crippen molar-refractivity contribution in [3.8, 4) is 0 Å². The van der Waals surface area contributed by atoms with Crippen LogP contribution in [0.4, 0.5) is 4.39 Å². The van der Waals surface area contributed by atoms with Crippen LogP contribution >= 0.6 is 22.9 Å². The van der Waals surface area contributed by atoms with Gasteiger partial charge >= 0.3 is 5.97 Å². The molecule has 2 fully saturated rings. The van der Waals surface area contributed by atoms with Crippen LogP contribution in [0.2, 0.25) is 5.02 Å². The second-order valence-electron chi connectivity index (χ2n) is 9.36. The first-order valence-electron chi connectivity index (χ1n) is 12.2. The second kappa shape index (κ2) is 12.6. The number of hydrogen-bond acceptors (Lipinski definition) is 4. The van der Waals surface area contributed by atoms with Gasteiger partial charge in [0.25, 0.3) is 0 Å². The lowest BCUT2D eigenvalue weighted by atomic mass is 9.89. The first-order valence-corrected chi connectivity index (χ1v) is 13.5. The first kappa shape index (κ1) is 25.8. The zero-order valence-corrected chi connectivity index (χ0v) is 21.3. The Morgan fingerprint density at radius 3 is 2.23 bits per heavy atom. The molecular weight excluding hydrogens is 483 g/mol. The Morgan fingerprint density at radius 1 is 1.00 bits per heavy atom. The Hall–Kier alpha value is -2.25. The number of likely N-dealkylation sites (tertiary alicyclic amines) is 2. The molecular formula is C28H32ClFN2O2S. The van der Waals surface area contributed by atoms with Crippen LogP contribution in [0.15, 0.2) is 71.4 Å². The zero-order chi connectivity index (χ0) is 24.6. The van der Waals surface area contributed by atoms with E-state index in [0.29, 0.717) is 16.9 Å². The molecule has 3 heterocycles. The van der Waals surface area contributed by atoms with Crippen molar-refractivity contribution in [2.24, 2.45) is 5.92 Å². The third-order valence-electron chi connectivity index (χ3n) is 6.97. The minimum atomic E-state index is -0.807. The zero-order valence-electron chi connectivity index (χ0n) is 19.7. The van der Waals surface area contributed by atoms with Crippen LogP contribution in [0.5, 0.6) is 0 Å². The van der Waals surface area contributed by atoms with Crippen LogP contribution in [0.3, 0.4) is 0 Å². The molecule has 4 nitrogen and oxygen atoms in total. The van der Waals surface area contributed by atoms with Crippen molar-refractivity contribution in [1.82, 2.24) is 9.80 Å². The summed E-state index contributed by atoms with van der Waals surface area (Å²) >= 11 is 7.67. The largest absolute Gasteiger partial charge is 0.480 e. The number of piperidine rings is 1. The van der Waals surface area contributed by atoms with Crippen LogP contribution < -0.4 is 0 Å². The van der Waals surface area contributed by atoms with Gasteiger partial charge in [-0.2, -0.15) is 11.3 Å². The molecule has 186 valence electrons. The Labute approximate surface area is 216 Å². The highest BCUT2D eigenvalue weighted by molar-refractivity contribution is 7.07. The third-order valence-corrected chi connectivity index (χ3v) is 7.85. The van der Waals surface area contributed by atoms with Gasteiger partial charge in [-0.15, -0.1) is 0 Å². The molecule has 2 aliphatic rings. The maximum absolute atomic E-state index is 13.2. The molecule has 1 unspecified atom stereocenters. The van der Waals surface area contributed by atoms with E-state index in [2.05, 4.69) is 9.80 Å². The highest BCUT2D eigenvalue weighted by Crippen LogP contribution is 2.32. The molecule has 2 aliphatic heterocycles. The van der Waals surface area contributed by atoms with Gasteiger partial charge in [-0.3, -0.25) is 9.69 Å². The van der Waals surface area contributed by atoms with Gasteiger partial charge in [0.15, 0.2) is 0 Å². The molecule has 2 atom stereocenters. The average Bonchev–Trinajstić information content (AvgIpc) is 3.58. The monoisotopic (exact) mass is 514 g/mol. The Kier molecular flexibility index (Phi) is 9.32. The Bertz CT molecular complexity index is 1020. The summed E-state index contributed by atoms with van der Waals surface area (Å²) in [5.41, 5.74) is 2.02. The Morgan fingerprint density at radius 2 is 1.66 bits per heavy atom. The number of carbonyl (C=O) groups is 1. The normalized spacial score (nSPS) is 20.2. The van der Waals surface area contributed by atoms with Gasteiger partial charge in [0.05, 0.1) is 0 Å². The van der Waals surface area contributed by atoms with E-state index in [1.165, 1.54) is 5.56 Å². The molecule has 1 N–H and O–H groups in total. The van der Waals surface area contributed by atoms with Gasteiger partial charge in [-0.25, -0.2) is 4.39 Å². The van der Waals surface area contributed by atoms with E-state index in [1.54, 1.807) is 35.6 Å². The molecule has 2 aromatic carbocycles. The summed E-state index contributed by atoms with van der Waals surface area (Å²) in [6, 6.07) is 17.5. The average molecular weight is 515 g/mol. The van der Waals surface area contributed by atoms with E-state index in [4.69, 9.17) is 11.6 Å². The van der Waals surface area contributed by atoms with E-state index in [-0.39, 0.29) is 5.82 Å². The molecule has 2 saturated heterocycles. The number of aliphatic carboxylic acids is 1. The predicted molar refractivity (Wildman–Crippen MR) is 141 cm³/mol. The van der Waals surface area contributed by atoms with Crippen molar-refractivity contribution >= 4 is 28.9 Å². The van der Waals surface area contributed by atoms with Gasteiger partial charge in [0, 0.05) is 18.1 Å². The molecule has 0 bridgehead atoms. The minimum Gasteiger partial charge on any atom is -0.480 e. The SMILES string of the molecule is O=C(O)C(c1ccc(Cl)cc1)N1CC[C@H](CN2CCC(c3ccc(F)cc3)CC2)C1.c1ccsc1. The highest BCUT2D eigenvalue weighted by atomic mass is 35.5. The summed E-state index contributed by atoms with van der Waals surface area (Å²) in [5, 5.41) is 14.5. The lowest BCUT2D eigenvalue weighted by Gasteiger charge is -2.34. The maximum Gasteiger partial charge on any atom is 0.325 e. The molecule has 0 saturated carbocycles. The topological polar surface area (TPSA) is 43.8 Å². The van der Waals surface area contributed by atoms with Crippen LogP contribution in [-0.4, -0.2) is 53.6 Å². The molecule has 1 aromatic heterocycles. The quantitative estimate of drug-likeness (QED) is 0.405. The lowest BCUT2D eigenvalue weighted by Crippen LogP contribution is -2.38. The molecule has 0 amide bonds. The summed E-state index contributed by atoms with van der Waals surface area (Å²) in [6.45, 7) is 4.70. The van der Waals surface area contributed by atoms with Gasteiger partial charge in [-0.1, -0.05) is 48.0 Å². The number of rotatable bonds is 6. The summed E-state index contributed by atoms with van der Waals surface area (Å²) in [4.78, 5) is 16.5. The van der Waals surface area contributed by atoms with Crippen LogP contribution in [0.1, 0.15) is 42.3 Å². The van der Waals surface area contributed by atoms with Crippen molar-refractivity contribution in [1.29, 1.82) is 0 Å². The van der Waals surface area contributed by atoms with E-state index < -0.39 is 12.0 Å². The molecule has 0 radical (unpaired) electrons. The number of carboxylic acid groups (broad SMARTS) is 1. The minimum absolute atomic E-state index is 0.180. The number of nitrogens with zero attached hydrogens (tertiary/aromatic N) is 2.